The normalized spacial score (nSPS) is 10.4. The Morgan fingerprint density at radius 1 is 1.45 bits per heavy atom. The zero-order chi connectivity index (χ0) is 14.4. The lowest BCUT2D eigenvalue weighted by Crippen LogP contribution is -2.01. The van der Waals surface area contributed by atoms with E-state index >= 15 is 0 Å². The number of rotatable bonds is 7. The van der Waals surface area contributed by atoms with Crippen LogP contribution in [0.3, 0.4) is 0 Å². The molecule has 0 saturated carbocycles. The lowest BCUT2D eigenvalue weighted by Gasteiger charge is -2.04. The van der Waals surface area contributed by atoms with Crippen molar-refractivity contribution in [1.82, 2.24) is 4.98 Å². The van der Waals surface area contributed by atoms with Crippen molar-refractivity contribution < 1.29 is 19.0 Å². The van der Waals surface area contributed by atoms with Crippen molar-refractivity contribution >= 4 is 17.3 Å². The first-order chi connectivity index (χ1) is 9.63. The molecule has 20 heavy (non-hydrogen) atoms. The van der Waals surface area contributed by atoms with Crippen LogP contribution in [0.2, 0.25) is 0 Å². The van der Waals surface area contributed by atoms with E-state index in [0.29, 0.717) is 18.1 Å². The zero-order valence-corrected chi connectivity index (χ0v) is 11.5. The Bertz CT molecular complexity index is 585. The third-order valence-corrected chi connectivity index (χ3v) is 3.49. The summed E-state index contributed by atoms with van der Waals surface area (Å²) >= 11 is 1.45. The van der Waals surface area contributed by atoms with Gasteiger partial charge in [-0.15, -0.1) is 11.3 Å². The maximum atomic E-state index is 12.9. The molecule has 0 fully saturated rings. The topological polar surface area (TPSA) is 59.4 Å². The molecule has 0 amide bonds. The number of aromatic nitrogens is 1. The van der Waals surface area contributed by atoms with Crippen LogP contribution < -0.4 is 4.74 Å². The summed E-state index contributed by atoms with van der Waals surface area (Å²) in [5.74, 6) is -0.687. The lowest BCUT2D eigenvalue weighted by atomic mass is 10.3. The molecule has 0 bridgehead atoms. The lowest BCUT2D eigenvalue weighted by molar-refractivity contribution is -0.136. The molecule has 0 aliphatic rings. The summed E-state index contributed by atoms with van der Waals surface area (Å²) in [5.41, 5.74) is 0.587. The van der Waals surface area contributed by atoms with Gasteiger partial charge in [-0.1, -0.05) is 6.07 Å². The molecule has 0 atom stereocenters. The molecule has 106 valence electrons. The van der Waals surface area contributed by atoms with Gasteiger partial charge < -0.3 is 9.84 Å². The van der Waals surface area contributed by atoms with Crippen LogP contribution in [-0.4, -0.2) is 22.7 Å². The molecule has 0 unspecified atom stereocenters. The molecule has 1 N–H and O–H groups in total. The molecule has 1 heterocycles. The van der Waals surface area contributed by atoms with Gasteiger partial charge in [0.05, 0.1) is 23.7 Å². The van der Waals surface area contributed by atoms with Gasteiger partial charge in [-0.05, 0) is 18.6 Å². The van der Waals surface area contributed by atoms with E-state index in [1.165, 1.54) is 23.5 Å². The quantitative estimate of drug-likeness (QED) is 0.798. The summed E-state index contributed by atoms with van der Waals surface area (Å²) in [6.07, 6.45) is 1.42. The van der Waals surface area contributed by atoms with Gasteiger partial charge in [0.1, 0.15) is 11.6 Å². The molecule has 4 nitrogen and oxygen atoms in total. The van der Waals surface area contributed by atoms with Crippen LogP contribution in [-0.2, 0) is 17.6 Å². The van der Waals surface area contributed by atoms with Gasteiger partial charge in [-0.3, -0.25) is 4.79 Å². The van der Waals surface area contributed by atoms with Crippen molar-refractivity contribution in [3.05, 3.63) is 46.2 Å². The second-order valence-electron chi connectivity index (χ2n) is 4.21. The highest BCUT2D eigenvalue weighted by molar-refractivity contribution is 7.09. The minimum Gasteiger partial charge on any atom is -0.493 e. The van der Waals surface area contributed by atoms with Crippen molar-refractivity contribution in [3.63, 3.8) is 0 Å². The number of aryl methyl sites for hydroxylation is 1. The van der Waals surface area contributed by atoms with E-state index < -0.39 is 5.97 Å². The van der Waals surface area contributed by atoms with Gasteiger partial charge in [0.2, 0.25) is 0 Å². The summed E-state index contributed by atoms with van der Waals surface area (Å²) in [6.45, 7) is 0.470. The van der Waals surface area contributed by atoms with E-state index in [2.05, 4.69) is 4.98 Å². The molecule has 0 spiro atoms. The number of carbonyl (C=O) groups is 1. The van der Waals surface area contributed by atoms with Crippen LogP contribution in [0.25, 0.3) is 0 Å². The largest absolute Gasteiger partial charge is 0.493 e. The van der Waals surface area contributed by atoms with Gasteiger partial charge in [-0.25, -0.2) is 9.37 Å². The third-order valence-electron chi connectivity index (χ3n) is 2.53. The molecule has 1 aromatic carbocycles. The van der Waals surface area contributed by atoms with E-state index in [0.717, 1.165) is 17.8 Å². The Balaban J connectivity index is 1.73. The second kappa shape index (κ2) is 7.00. The Hall–Kier alpha value is -1.95. The summed E-state index contributed by atoms with van der Waals surface area (Å²) in [7, 11) is 0. The number of ether oxygens (including phenoxy) is 1. The fourth-order valence-corrected chi connectivity index (χ4v) is 2.51. The van der Waals surface area contributed by atoms with Crippen molar-refractivity contribution in [2.45, 2.75) is 19.3 Å². The molecule has 0 saturated heterocycles. The molecule has 0 radical (unpaired) electrons. The van der Waals surface area contributed by atoms with Crippen LogP contribution in [0.5, 0.6) is 5.75 Å². The number of halogens is 1. The number of carboxylic acids is 1. The zero-order valence-electron chi connectivity index (χ0n) is 10.7. The van der Waals surface area contributed by atoms with E-state index in [1.807, 2.05) is 0 Å². The number of hydrogen-bond donors (Lipinski definition) is 1. The fraction of sp³-hybridized carbons (Fsp3) is 0.286. The Labute approximate surface area is 119 Å². The number of hydrogen-bond acceptors (Lipinski definition) is 4. The standard InChI is InChI=1S/C14H14FNO3S/c15-10-3-1-4-12(7-10)19-6-2-5-13-16-11(9-20-13)8-14(17)18/h1,3-4,7,9H,2,5-6,8H2,(H,17,18). The average Bonchev–Trinajstić information content (AvgIpc) is 2.81. The minimum atomic E-state index is -0.878. The molecule has 0 aliphatic carbocycles. The molecule has 0 aliphatic heterocycles. The first-order valence-electron chi connectivity index (χ1n) is 6.17. The molecular formula is C14H14FNO3S. The number of aliphatic carboxylic acids is 1. The summed E-state index contributed by atoms with van der Waals surface area (Å²) in [6, 6.07) is 6.02. The highest BCUT2D eigenvalue weighted by Gasteiger charge is 2.06. The predicted molar refractivity (Wildman–Crippen MR) is 73.7 cm³/mol. The van der Waals surface area contributed by atoms with Crippen molar-refractivity contribution in [1.29, 1.82) is 0 Å². The van der Waals surface area contributed by atoms with Crippen LogP contribution in [0.15, 0.2) is 29.6 Å². The predicted octanol–water partition coefficient (Wildman–Crippen LogP) is 2.92. The molecular weight excluding hydrogens is 281 g/mol. The second-order valence-corrected chi connectivity index (χ2v) is 5.16. The van der Waals surface area contributed by atoms with Gasteiger partial charge in [-0.2, -0.15) is 0 Å². The molecule has 2 aromatic rings. The van der Waals surface area contributed by atoms with Gasteiger partial charge in [0.15, 0.2) is 0 Å². The summed E-state index contributed by atoms with van der Waals surface area (Å²) < 4.78 is 18.3. The third kappa shape index (κ3) is 4.62. The van der Waals surface area contributed by atoms with Gasteiger partial charge in [0, 0.05) is 17.9 Å². The van der Waals surface area contributed by atoms with E-state index in [4.69, 9.17) is 9.84 Å². The number of benzene rings is 1. The monoisotopic (exact) mass is 295 g/mol. The van der Waals surface area contributed by atoms with Crippen LogP contribution in [0.4, 0.5) is 4.39 Å². The van der Waals surface area contributed by atoms with Crippen LogP contribution in [0, 0.1) is 5.82 Å². The Morgan fingerprint density at radius 3 is 3.05 bits per heavy atom. The smallest absolute Gasteiger partial charge is 0.309 e. The van der Waals surface area contributed by atoms with E-state index in [-0.39, 0.29) is 12.2 Å². The van der Waals surface area contributed by atoms with Crippen molar-refractivity contribution in [3.8, 4) is 5.75 Å². The minimum absolute atomic E-state index is 0.0453. The highest BCUT2D eigenvalue weighted by Crippen LogP contribution is 2.14. The summed E-state index contributed by atoms with van der Waals surface area (Å²) in [4.78, 5) is 14.8. The number of carboxylic acid groups (broad SMARTS) is 1. The first kappa shape index (κ1) is 14.5. The molecule has 6 heteroatoms. The van der Waals surface area contributed by atoms with Crippen molar-refractivity contribution in [2.75, 3.05) is 6.61 Å². The Kier molecular flexibility index (Phi) is 5.06. The summed E-state index contributed by atoms with van der Waals surface area (Å²) in [5, 5.41) is 11.3. The maximum absolute atomic E-state index is 12.9. The average molecular weight is 295 g/mol. The number of nitrogens with zero attached hydrogens (tertiary/aromatic N) is 1. The first-order valence-corrected chi connectivity index (χ1v) is 7.05. The van der Waals surface area contributed by atoms with Crippen molar-refractivity contribution in [2.24, 2.45) is 0 Å². The molecule has 2 rings (SSSR count). The number of thiazole rings is 1. The van der Waals surface area contributed by atoms with Gasteiger partial charge >= 0.3 is 5.97 Å². The van der Waals surface area contributed by atoms with Crippen LogP contribution in [0.1, 0.15) is 17.1 Å². The van der Waals surface area contributed by atoms with Gasteiger partial charge in [0.25, 0.3) is 0 Å². The highest BCUT2D eigenvalue weighted by atomic mass is 32.1. The maximum Gasteiger partial charge on any atom is 0.309 e. The Morgan fingerprint density at radius 2 is 2.30 bits per heavy atom. The molecule has 1 aromatic heterocycles. The van der Waals surface area contributed by atoms with Crippen LogP contribution >= 0.6 is 11.3 Å². The fourth-order valence-electron chi connectivity index (χ4n) is 1.67. The van der Waals surface area contributed by atoms with E-state index in [9.17, 15) is 9.18 Å². The SMILES string of the molecule is O=C(O)Cc1csc(CCCOc2cccc(F)c2)n1. The van der Waals surface area contributed by atoms with E-state index in [1.54, 1.807) is 17.5 Å².